The number of aliphatic hydroxyl groups excluding tert-OH is 1. The Labute approximate surface area is 126 Å². The van der Waals surface area contributed by atoms with Gasteiger partial charge in [0, 0.05) is 28.9 Å². The topological polar surface area (TPSA) is 83.5 Å². The number of benzene rings is 1. The van der Waals surface area contributed by atoms with Crippen LogP contribution < -0.4 is 4.72 Å². The predicted octanol–water partition coefficient (Wildman–Crippen LogP) is 0.216. The monoisotopic (exact) mass is 333 g/mol. The van der Waals surface area contributed by atoms with E-state index in [0.29, 0.717) is 5.75 Å². The Morgan fingerprint density at radius 1 is 1.43 bits per heavy atom. The standard InChI is InChI=1S/C13H16FNO4S2/c1-2-20(17)9-7-15-21(18,19)12-6-5-11(4-3-8-16)13(14)10-12/h5-6,10,15-16H,2,7-9H2,1H3. The van der Waals surface area contributed by atoms with Crippen LogP contribution in [0.4, 0.5) is 4.39 Å². The Hall–Kier alpha value is -1.27. The average Bonchev–Trinajstić information content (AvgIpc) is 2.45. The molecule has 0 saturated carbocycles. The van der Waals surface area contributed by atoms with Gasteiger partial charge in [0.25, 0.3) is 0 Å². The first kappa shape index (κ1) is 17.8. The van der Waals surface area contributed by atoms with Gasteiger partial charge in [-0.15, -0.1) is 0 Å². The molecule has 5 nitrogen and oxygen atoms in total. The highest BCUT2D eigenvalue weighted by Gasteiger charge is 2.15. The summed E-state index contributed by atoms with van der Waals surface area (Å²) in [5.74, 6) is 4.54. The molecule has 1 rings (SSSR count). The van der Waals surface area contributed by atoms with Crippen LogP contribution in [0, 0.1) is 17.7 Å². The van der Waals surface area contributed by atoms with Crippen molar-refractivity contribution in [2.45, 2.75) is 11.8 Å². The van der Waals surface area contributed by atoms with Crippen molar-refractivity contribution < 1.29 is 22.1 Å². The molecule has 116 valence electrons. The molecular weight excluding hydrogens is 317 g/mol. The molecule has 0 amide bonds. The second kappa shape index (κ2) is 8.24. The fourth-order valence-corrected chi connectivity index (χ4v) is 3.21. The number of hydrogen-bond acceptors (Lipinski definition) is 4. The molecule has 1 aromatic rings. The minimum atomic E-state index is -3.85. The summed E-state index contributed by atoms with van der Waals surface area (Å²) in [4.78, 5) is -0.225. The Bertz CT molecular complexity index is 677. The maximum atomic E-state index is 13.7. The second-order valence-corrected chi connectivity index (χ2v) is 7.56. The highest BCUT2D eigenvalue weighted by molar-refractivity contribution is 7.89. The van der Waals surface area contributed by atoms with Crippen molar-refractivity contribution in [3.8, 4) is 11.8 Å². The largest absolute Gasteiger partial charge is 0.384 e. The summed E-state index contributed by atoms with van der Waals surface area (Å²) in [5.41, 5.74) is 0.00934. The molecule has 0 heterocycles. The van der Waals surface area contributed by atoms with Crippen LogP contribution in [0.2, 0.25) is 0 Å². The van der Waals surface area contributed by atoms with Crippen LogP contribution in [0.15, 0.2) is 23.1 Å². The fraction of sp³-hybridized carbons (Fsp3) is 0.385. The molecule has 1 unspecified atom stereocenters. The van der Waals surface area contributed by atoms with Gasteiger partial charge in [-0.1, -0.05) is 18.8 Å². The summed E-state index contributed by atoms with van der Waals surface area (Å²) < 4.78 is 51.0. The lowest BCUT2D eigenvalue weighted by Crippen LogP contribution is -2.28. The molecule has 0 bridgehead atoms. The van der Waals surface area contributed by atoms with Gasteiger partial charge in [-0.3, -0.25) is 4.21 Å². The maximum absolute atomic E-state index is 13.7. The number of rotatable bonds is 6. The van der Waals surface area contributed by atoms with Gasteiger partial charge in [0.15, 0.2) is 0 Å². The first-order valence-corrected chi connectivity index (χ1v) is 9.11. The van der Waals surface area contributed by atoms with Crippen LogP contribution >= 0.6 is 0 Å². The molecule has 0 radical (unpaired) electrons. The zero-order valence-electron chi connectivity index (χ0n) is 11.4. The molecule has 8 heteroatoms. The second-order valence-electron chi connectivity index (χ2n) is 3.93. The minimum Gasteiger partial charge on any atom is -0.384 e. The SMILES string of the molecule is CCS(=O)CCNS(=O)(=O)c1ccc(C#CCO)c(F)c1. The lowest BCUT2D eigenvalue weighted by atomic mass is 10.2. The third-order valence-electron chi connectivity index (χ3n) is 2.50. The fourth-order valence-electron chi connectivity index (χ4n) is 1.42. The van der Waals surface area contributed by atoms with Gasteiger partial charge < -0.3 is 5.11 Å². The zero-order chi connectivity index (χ0) is 15.9. The van der Waals surface area contributed by atoms with Gasteiger partial charge in [-0.05, 0) is 18.2 Å². The van der Waals surface area contributed by atoms with Gasteiger partial charge >= 0.3 is 0 Å². The van der Waals surface area contributed by atoms with Crippen molar-refractivity contribution in [1.82, 2.24) is 4.72 Å². The Morgan fingerprint density at radius 2 is 2.14 bits per heavy atom. The Morgan fingerprint density at radius 3 is 2.71 bits per heavy atom. The minimum absolute atomic E-state index is 0.00934. The van der Waals surface area contributed by atoms with Gasteiger partial charge in [0.05, 0.1) is 10.5 Å². The first-order valence-electron chi connectivity index (χ1n) is 6.14. The number of sulfonamides is 1. The number of aliphatic hydroxyl groups is 1. The summed E-state index contributed by atoms with van der Waals surface area (Å²) in [6, 6.07) is 3.32. The van der Waals surface area contributed by atoms with Crippen LogP contribution in [0.5, 0.6) is 0 Å². The van der Waals surface area contributed by atoms with Crippen molar-refractivity contribution in [1.29, 1.82) is 0 Å². The van der Waals surface area contributed by atoms with Crippen molar-refractivity contribution >= 4 is 20.8 Å². The van der Waals surface area contributed by atoms with E-state index in [1.54, 1.807) is 6.92 Å². The maximum Gasteiger partial charge on any atom is 0.240 e. The summed E-state index contributed by atoms with van der Waals surface area (Å²) >= 11 is 0. The number of halogens is 1. The molecular formula is C13H16FNO4S2. The summed E-state index contributed by atoms with van der Waals surface area (Å²) in [6.07, 6.45) is 0. The van der Waals surface area contributed by atoms with Crippen LogP contribution in [0.3, 0.4) is 0 Å². The molecule has 0 aliphatic rings. The smallest absolute Gasteiger partial charge is 0.240 e. The number of nitrogens with one attached hydrogen (secondary N) is 1. The predicted molar refractivity (Wildman–Crippen MR) is 79.1 cm³/mol. The zero-order valence-corrected chi connectivity index (χ0v) is 13.1. The molecule has 2 N–H and O–H groups in total. The molecule has 0 aliphatic heterocycles. The molecule has 1 atom stereocenters. The molecule has 0 aliphatic carbocycles. The van der Waals surface area contributed by atoms with Crippen LogP contribution in [0.25, 0.3) is 0 Å². The summed E-state index contributed by atoms with van der Waals surface area (Å²) in [6.45, 7) is 1.36. The highest BCUT2D eigenvalue weighted by atomic mass is 32.2. The van der Waals surface area contributed by atoms with Gasteiger partial charge in [-0.2, -0.15) is 0 Å². The quantitative estimate of drug-likeness (QED) is 0.730. The molecule has 0 saturated heterocycles. The third-order valence-corrected chi connectivity index (χ3v) is 5.26. The van der Waals surface area contributed by atoms with E-state index < -0.39 is 33.2 Å². The van der Waals surface area contributed by atoms with Crippen LogP contribution in [0.1, 0.15) is 12.5 Å². The molecule has 1 aromatic carbocycles. The van der Waals surface area contributed by atoms with Gasteiger partial charge in [0.2, 0.25) is 10.0 Å². The van der Waals surface area contributed by atoms with E-state index >= 15 is 0 Å². The molecule has 0 fully saturated rings. The third kappa shape index (κ3) is 5.55. The Balaban J connectivity index is 2.84. The Kier molecular flexibility index (Phi) is 6.98. The lowest BCUT2D eigenvalue weighted by Gasteiger charge is -2.07. The van der Waals surface area contributed by atoms with E-state index in [0.717, 1.165) is 6.07 Å². The van der Waals surface area contributed by atoms with Crippen molar-refractivity contribution in [3.05, 3.63) is 29.6 Å². The van der Waals surface area contributed by atoms with Crippen molar-refractivity contribution in [2.24, 2.45) is 0 Å². The van der Waals surface area contributed by atoms with E-state index in [1.165, 1.54) is 12.1 Å². The summed E-state index contributed by atoms with van der Waals surface area (Å²) in [7, 11) is -4.92. The molecule has 21 heavy (non-hydrogen) atoms. The van der Waals surface area contributed by atoms with E-state index in [1.807, 2.05) is 0 Å². The normalized spacial score (nSPS) is 12.5. The molecule has 0 aromatic heterocycles. The highest BCUT2D eigenvalue weighted by Crippen LogP contribution is 2.14. The first-order chi connectivity index (χ1) is 9.90. The summed E-state index contributed by atoms with van der Waals surface area (Å²) in [5, 5.41) is 8.54. The van der Waals surface area contributed by atoms with Crippen LogP contribution in [-0.4, -0.2) is 42.4 Å². The van der Waals surface area contributed by atoms with Crippen molar-refractivity contribution in [3.63, 3.8) is 0 Å². The van der Waals surface area contributed by atoms with Crippen LogP contribution in [-0.2, 0) is 20.8 Å². The van der Waals surface area contributed by atoms with E-state index in [9.17, 15) is 17.0 Å². The molecule has 0 spiro atoms. The van der Waals surface area contributed by atoms with Gasteiger partial charge in [-0.25, -0.2) is 17.5 Å². The van der Waals surface area contributed by atoms with E-state index in [-0.39, 0.29) is 22.8 Å². The van der Waals surface area contributed by atoms with Gasteiger partial charge in [0.1, 0.15) is 12.4 Å². The van der Waals surface area contributed by atoms with E-state index in [2.05, 4.69) is 16.6 Å². The van der Waals surface area contributed by atoms with Crippen molar-refractivity contribution in [2.75, 3.05) is 24.7 Å². The lowest BCUT2D eigenvalue weighted by molar-refractivity contribution is 0.350. The number of hydrogen-bond donors (Lipinski definition) is 2. The van der Waals surface area contributed by atoms with E-state index in [4.69, 9.17) is 5.11 Å². The average molecular weight is 333 g/mol.